The van der Waals surface area contributed by atoms with Gasteiger partial charge < -0.3 is 14.2 Å². The SMILES string of the molecule is CCCCCCC/C=C\C/C=C\CCCCCCCCCCCC(=O)OCC(COC(=O)CCCCCCCCC/C=C\CCCCCCCCC)OC(=O)CCCCCCCCCCC/C=C\CCCCCCCC. The zero-order valence-corrected chi connectivity index (χ0v) is 51.0. The van der Waals surface area contributed by atoms with Crippen molar-refractivity contribution >= 4 is 17.9 Å². The van der Waals surface area contributed by atoms with E-state index in [0.717, 1.165) is 64.2 Å². The molecule has 0 aliphatic carbocycles. The van der Waals surface area contributed by atoms with Gasteiger partial charge in [-0.25, -0.2) is 0 Å². The van der Waals surface area contributed by atoms with Crippen LogP contribution in [0.5, 0.6) is 0 Å². The van der Waals surface area contributed by atoms with Crippen LogP contribution in [0.3, 0.4) is 0 Å². The Labute approximate surface area is 473 Å². The molecule has 1 atom stereocenters. The summed E-state index contributed by atoms with van der Waals surface area (Å²) in [4.78, 5) is 38.4. The second kappa shape index (κ2) is 64.9. The molecule has 6 nitrogen and oxygen atoms in total. The van der Waals surface area contributed by atoms with Gasteiger partial charge in [0.05, 0.1) is 0 Å². The van der Waals surface area contributed by atoms with Crippen molar-refractivity contribution in [3.63, 3.8) is 0 Å². The molecule has 0 aromatic carbocycles. The first-order chi connectivity index (χ1) is 37.5. The zero-order valence-electron chi connectivity index (χ0n) is 51.0. The molecule has 0 spiro atoms. The van der Waals surface area contributed by atoms with Crippen LogP contribution in [-0.2, 0) is 28.6 Å². The average molecular weight is 1070 g/mol. The number of carbonyl (C=O) groups excluding carboxylic acids is 3. The van der Waals surface area contributed by atoms with Crippen LogP contribution in [0, 0.1) is 0 Å². The second-order valence-electron chi connectivity index (χ2n) is 22.7. The van der Waals surface area contributed by atoms with E-state index in [1.165, 1.54) is 257 Å². The maximum Gasteiger partial charge on any atom is 0.306 e. The Balaban J connectivity index is 4.36. The summed E-state index contributed by atoms with van der Waals surface area (Å²) in [6, 6.07) is 0. The van der Waals surface area contributed by atoms with Crippen molar-refractivity contribution < 1.29 is 28.6 Å². The maximum atomic E-state index is 12.9. The molecule has 0 bridgehead atoms. The maximum absolute atomic E-state index is 12.9. The fourth-order valence-corrected chi connectivity index (χ4v) is 9.94. The van der Waals surface area contributed by atoms with Crippen LogP contribution in [0.4, 0.5) is 0 Å². The minimum absolute atomic E-state index is 0.0749. The smallest absolute Gasteiger partial charge is 0.306 e. The van der Waals surface area contributed by atoms with Crippen molar-refractivity contribution in [1.29, 1.82) is 0 Å². The molecule has 0 saturated carbocycles. The fraction of sp³-hybridized carbons (Fsp3) is 0.843. The van der Waals surface area contributed by atoms with Crippen molar-refractivity contribution in [2.45, 2.75) is 367 Å². The van der Waals surface area contributed by atoms with E-state index < -0.39 is 6.10 Å². The van der Waals surface area contributed by atoms with Crippen LogP contribution in [0.1, 0.15) is 361 Å². The van der Waals surface area contributed by atoms with Crippen LogP contribution < -0.4 is 0 Å². The topological polar surface area (TPSA) is 78.9 Å². The van der Waals surface area contributed by atoms with Gasteiger partial charge in [-0.3, -0.25) is 14.4 Å². The molecule has 0 heterocycles. The largest absolute Gasteiger partial charge is 0.462 e. The zero-order chi connectivity index (χ0) is 55.0. The number of hydrogen-bond donors (Lipinski definition) is 0. The number of unbranched alkanes of at least 4 members (excludes halogenated alkanes) is 43. The summed E-state index contributed by atoms with van der Waals surface area (Å²) in [6.07, 6.45) is 81.1. The Kier molecular flexibility index (Phi) is 62.6. The molecule has 0 rings (SSSR count). The van der Waals surface area contributed by atoms with E-state index in [4.69, 9.17) is 14.2 Å². The molecule has 0 N–H and O–H groups in total. The number of esters is 3. The molecule has 1 unspecified atom stereocenters. The highest BCUT2D eigenvalue weighted by Gasteiger charge is 2.19. The summed E-state index contributed by atoms with van der Waals surface area (Å²) in [5.74, 6) is -0.862. The lowest BCUT2D eigenvalue weighted by atomic mass is 10.1. The van der Waals surface area contributed by atoms with Gasteiger partial charge in [0, 0.05) is 19.3 Å². The minimum atomic E-state index is -0.778. The van der Waals surface area contributed by atoms with Gasteiger partial charge in [0.2, 0.25) is 0 Å². The van der Waals surface area contributed by atoms with Crippen LogP contribution in [-0.4, -0.2) is 37.2 Å². The van der Waals surface area contributed by atoms with Gasteiger partial charge in [-0.15, -0.1) is 0 Å². The summed E-state index contributed by atoms with van der Waals surface area (Å²) in [6.45, 7) is 6.67. The third-order valence-corrected chi connectivity index (χ3v) is 15.0. The summed E-state index contributed by atoms with van der Waals surface area (Å²) in [7, 11) is 0. The molecule has 0 aliphatic rings. The lowest BCUT2D eigenvalue weighted by Gasteiger charge is -2.18. The molecule has 0 aromatic heterocycles. The monoisotopic (exact) mass is 1060 g/mol. The van der Waals surface area contributed by atoms with E-state index in [0.29, 0.717) is 19.3 Å². The number of ether oxygens (including phenoxy) is 3. The van der Waals surface area contributed by atoms with E-state index >= 15 is 0 Å². The number of allylic oxidation sites excluding steroid dienone is 8. The second-order valence-corrected chi connectivity index (χ2v) is 22.7. The Morgan fingerprint density at radius 1 is 0.263 bits per heavy atom. The Hall–Kier alpha value is -2.63. The van der Waals surface area contributed by atoms with Gasteiger partial charge in [-0.2, -0.15) is 0 Å². The summed E-state index contributed by atoms with van der Waals surface area (Å²) in [5, 5.41) is 0. The van der Waals surface area contributed by atoms with E-state index in [1.54, 1.807) is 0 Å². The lowest BCUT2D eigenvalue weighted by molar-refractivity contribution is -0.167. The van der Waals surface area contributed by atoms with Crippen LogP contribution in [0.15, 0.2) is 48.6 Å². The highest BCUT2D eigenvalue weighted by atomic mass is 16.6. The van der Waals surface area contributed by atoms with Crippen LogP contribution in [0.25, 0.3) is 0 Å². The van der Waals surface area contributed by atoms with Crippen molar-refractivity contribution in [2.24, 2.45) is 0 Å². The Bertz CT molecular complexity index is 1310. The Morgan fingerprint density at radius 2 is 0.474 bits per heavy atom. The molecule has 0 aromatic rings. The highest BCUT2D eigenvalue weighted by Crippen LogP contribution is 2.17. The quantitative estimate of drug-likeness (QED) is 0.0261. The van der Waals surface area contributed by atoms with Gasteiger partial charge in [0.15, 0.2) is 6.10 Å². The summed E-state index contributed by atoms with van der Waals surface area (Å²) < 4.78 is 17.0. The number of hydrogen-bond acceptors (Lipinski definition) is 6. The molecule has 0 saturated heterocycles. The van der Waals surface area contributed by atoms with Crippen LogP contribution in [0.2, 0.25) is 0 Å². The van der Waals surface area contributed by atoms with E-state index in [1.807, 2.05) is 0 Å². The first-order valence-corrected chi connectivity index (χ1v) is 33.6. The van der Waals surface area contributed by atoms with Crippen molar-refractivity contribution in [1.82, 2.24) is 0 Å². The molecule has 76 heavy (non-hydrogen) atoms. The highest BCUT2D eigenvalue weighted by molar-refractivity contribution is 5.71. The fourth-order valence-electron chi connectivity index (χ4n) is 9.94. The van der Waals surface area contributed by atoms with Crippen LogP contribution >= 0.6 is 0 Å². The molecule has 6 heteroatoms. The van der Waals surface area contributed by atoms with Gasteiger partial charge >= 0.3 is 17.9 Å². The first-order valence-electron chi connectivity index (χ1n) is 33.6. The lowest BCUT2D eigenvalue weighted by Crippen LogP contribution is -2.30. The molecule has 0 aliphatic heterocycles. The summed E-state index contributed by atoms with van der Waals surface area (Å²) in [5.41, 5.74) is 0. The molecular formula is C70H128O6. The number of carbonyl (C=O) groups is 3. The van der Waals surface area contributed by atoms with Crippen molar-refractivity contribution in [3.05, 3.63) is 48.6 Å². The standard InChI is InChI=1S/C70H128O6/c1-4-7-10-13-16-19-22-25-28-31-34-35-37-39-42-45-48-51-54-57-60-63-69(72)75-66-67(65-74-68(71)62-59-56-53-50-47-44-41-38-33-30-27-24-21-18-15-12-9-6-3)76-70(73)64-61-58-55-52-49-46-43-40-36-32-29-26-23-20-17-14-11-8-5-2/h22,25-26,29-31,33-34,67H,4-21,23-24,27-28,32,35-66H2,1-3H3/b25-22-,29-26-,33-30-,34-31-. The van der Waals surface area contributed by atoms with Gasteiger partial charge in [-0.05, 0) is 103 Å². The van der Waals surface area contributed by atoms with Gasteiger partial charge in [0.1, 0.15) is 13.2 Å². The molecule has 444 valence electrons. The number of rotatable bonds is 62. The Morgan fingerprint density at radius 3 is 0.737 bits per heavy atom. The third-order valence-electron chi connectivity index (χ3n) is 15.0. The molecule has 0 amide bonds. The minimum Gasteiger partial charge on any atom is -0.462 e. The molecule has 0 fully saturated rings. The van der Waals surface area contributed by atoms with Gasteiger partial charge in [0.25, 0.3) is 0 Å². The van der Waals surface area contributed by atoms with E-state index in [9.17, 15) is 14.4 Å². The normalized spacial score (nSPS) is 12.3. The first kappa shape index (κ1) is 73.4. The summed E-state index contributed by atoms with van der Waals surface area (Å²) >= 11 is 0. The van der Waals surface area contributed by atoms with Crippen molar-refractivity contribution in [2.75, 3.05) is 13.2 Å². The van der Waals surface area contributed by atoms with Crippen molar-refractivity contribution in [3.8, 4) is 0 Å². The predicted octanol–water partition coefficient (Wildman–Crippen LogP) is 22.9. The van der Waals surface area contributed by atoms with Gasteiger partial charge in [-0.1, -0.05) is 288 Å². The van der Waals surface area contributed by atoms with E-state index in [-0.39, 0.29) is 31.1 Å². The molecular weight excluding hydrogens is 937 g/mol. The van der Waals surface area contributed by atoms with E-state index in [2.05, 4.69) is 69.4 Å². The predicted molar refractivity (Wildman–Crippen MR) is 330 cm³/mol. The molecule has 0 radical (unpaired) electrons. The average Bonchev–Trinajstić information content (AvgIpc) is 3.42. The third kappa shape index (κ3) is 62.2.